The van der Waals surface area contributed by atoms with Crippen LogP contribution in [0, 0.1) is 5.92 Å². The molecule has 0 saturated carbocycles. The van der Waals surface area contributed by atoms with Crippen LogP contribution in [-0.2, 0) is 19.4 Å². The van der Waals surface area contributed by atoms with Gasteiger partial charge in [-0.15, -0.1) is 0 Å². The van der Waals surface area contributed by atoms with E-state index in [4.69, 9.17) is 4.74 Å². The van der Waals surface area contributed by atoms with E-state index in [0.717, 1.165) is 0 Å². The Kier molecular flexibility index (Phi) is 2.90. The number of carbonyl (C=O) groups excluding carboxylic acids is 1. The predicted octanol–water partition coefficient (Wildman–Crippen LogP) is 0.763. The van der Waals surface area contributed by atoms with E-state index in [2.05, 4.69) is 0 Å². The first-order chi connectivity index (χ1) is 6.20. The molecule has 1 heterocycles. The van der Waals surface area contributed by atoms with Crippen LogP contribution in [-0.4, -0.2) is 31.5 Å². The Morgan fingerprint density at radius 1 is 1.36 bits per heavy atom. The third kappa shape index (κ3) is 3.29. The molecule has 0 aromatic rings. The van der Waals surface area contributed by atoms with Crippen LogP contribution in [0.2, 0.25) is 0 Å². The molecule has 1 aliphatic rings. The quantitative estimate of drug-likeness (QED) is 0.612. The summed E-state index contributed by atoms with van der Waals surface area (Å²) >= 11 is 0. The van der Waals surface area contributed by atoms with Crippen LogP contribution in [0.1, 0.15) is 27.2 Å². The molecule has 0 amide bonds. The van der Waals surface area contributed by atoms with Crippen molar-refractivity contribution in [2.45, 2.75) is 32.8 Å². The van der Waals surface area contributed by atoms with Gasteiger partial charge in [-0.3, -0.25) is 4.79 Å². The SMILES string of the molecule is CC(C)(C)OC(=O)C1CCS(=O)(=O)C1. The third-order valence-corrected chi connectivity index (χ3v) is 3.74. The van der Waals surface area contributed by atoms with Crippen molar-refractivity contribution in [3.63, 3.8) is 0 Å². The number of sulfone groups is 1. The van der Waals surface area contributed by atoms with Gasteiger partial charge in [0.05, 0.1) is 17.4 Å². The maximum Gasteiger partial charge on any atom is 0.310 e. The molecule has 14 heavy (non-hydrogen) atoms. The lowest BCUT2D eigenvalue weighted by molar-refractivity contribution is -0.159. The summed E-state index contributed by atoms with van der Waals surface area (Å²) in [6.07, 6.45) is 0.400. The van der Waals surface area contributed by atoms with Crippen LogP contribution >= 0.6 is 0 Å². The molecule has 0 aromatic carbocycles. The zero-order valence-electron chi connectivity index (χ0n) is 8.74. The number of carbonyl (C=O) groups is 1. The van der Waals surface area contributed by atoms with E-state index in [9.17, 15) is 13.2 Å². The molecule has 0 radical (unpaired) electrons. The minimum Gasteiger partial charge on any atom is -0.460 e. The van der Waals surface area contributed by atoms with Gasteiger partial charge in [0.25, 0.3) is 0 Å². The van der Waals surface area contributed by atoms with E-state index < -0.39 is 27.3 Å². The van der Waals surface area contributed by atoms with Crippen molar-refractivity contribution >= 4 is 15.8 Å². The first-order valence-corrected chi connectivity index (χ1v) is 6.45. The smallest absolute Gasteiger partial charge is 0.310 e. The van der Waals surface area contributed by atoms with Gasteiger partial charge in [0, 0.05) is 0 Å². The third-order valence-electron chi connectivity index (χ3n) is 1.97. The Bertz CT molecular complexity index is 323. The summed E-state index contributed by atoms with van der Waals surface area (Å²) in [5.74, 6) is -0.795. The fourth-order valence-electron chi connectivity index (χ4n) is 1.37. The normalized spacial score (nSPS) is 26.1. The first-order valence-electron chi connectivity index (χ1n) is 4.63. The van der Waals surface area contributed by atoms with Crippen LogP contribution in [0.5, 0.6) is 0 Å². The maximum atomic E-state index is 11.5. The fourth-order valence-corrected chi connectivity index (χ4v) is 3.09. The van der Waals surface area contributed by atoms with Crippen molar-refractivity contribution in [1.29, 1.82) is 0 Å². The molecule has 1 atom stereocenters. The van der Waals surface area contributed by atoms with E-state index in [1.165, 1.54) is 0 Å². The Hall–Kier alpha value is -0.580. The average molecular weight is 220 g/mol. The molecule has 1 aliphatic heterocycles. The Labute approximate surface area is 84.6 Å². The highest BCUT2D eigenvalue weighted by Gasteiger charge is 2.35. The van der Waals surface area contributed by atoms with E-state index in [1.807, 2.05) is 0 Å². The number of rotatable bonds is 1. The molecule has 1 saturated heterocycles. The number of hydrogen-bond donors (Lipinski definition) is 0. The van der Waals surface area contributed by atoms with Crippen LogP contribution in [0.3, 0.4) is 0 Å². The summed E-state index contributed by atoms with van der Waals surface area (Å²) in [6.45, 7) is 5.32. The highest BCUT2D eigenvalue weighted by atomic mass is 32.2. The monoisotopic (exact) mass is 220 g/mol. The summed E-state index contributed by atoms with van der Waals surface area (Å²) < 4.78 is 27.3. The molecule has 0 aromatic heterocycles. The lowest BCUT2D eigenvalue weighted by Crippen LogP contribution is -2.29. The molecule has 0 bridgehead atoms. The second-order valence-electron chi connectivity index (χ2n) is 4.63. The van der Waals surface area contributed by atoms with Gasteiger partial charge >= 0.3 is 5.97 Å². The van der Waals surface area contributed by atoms with Crippen LogP contribution in [0.25, 0.3) is 0 Å². The summed E-state index contributed by atoms with van der Waals surface area (Å²) in [5.41, 5.74) is -0.538. The molecular weight excluding hydrogens is 204 g/mol. The van der Waals surface area contributed by atoms with Crippen molar-refractivity contribution in [1.82, 2.24) is 0 Å². The standard InChI is InChI=1S/C9H16O4S/c1-9(2,3)13-8(10)7-4-5-14(11,12)6-7/h7H,4-6H2,1-3H3. The molecule has 5 heteroatoms. The van der Waals surface area contributed by atoms with Gasteiger partial charge in [-0.25, -0.2) is 8.42 Å². The van der Waals surface area contributed by atoms with Gasteiger partial charge < -0.3 is 4.74 Å². The second-order valence-corrected chi connectivity index (χ2v) is 6.86. The summed E-state index contributed by atoms with van der Waals surface area (Å²) in [5, 5.41) is 0. The first kappa shape index (κ1) is 11.5. The highest BCUT2D eigenvalue weighted by molar-refractivity contribution is 7.91. The van der Waals surface area contributed by atoms with Crippen molar-refractivity contribution in [2.75, 3.05) is 11.5 Å². The maximum absolute atomic E-state index is 11.5. The van der Waals surface area contributed by atoms with Gasteiger partial charge in [0.2, 0.25) is 0 Å². The van der Waals surface area contributed by atoms with Crippen LogP contribution < -0.4 is 0 Å². The summed E-state index contributed by atoms with van der Waals surface area (Å²) in [4.78, 5) is 11.5. The lowest BCUT2D eigenvalue weighted by atomic mass is 10.1. The topological polar surface area (TPSA) is 60.4 Å². The van der Waals surface area contributed by atoms with Gasteiger partial charge in [-0.05, 0) is 27.2 Å². The van der Waals surface area contributed by atoms with Crippen molar-refractivity contribution in [3.8, 4) is 0 Å². The number of hydrogen-bond acceptors (Lipinski definition) is 4. The Morgan fingerprint density at radius 3 is 2.29 bits per heavy atom. The molecule has 1 unspecified atom stereocenters. The second kappa shape index (κ2) is 3.53. The van der Waals surface area contributed by atoms with Crippen molar-refractivity contribution in [3.05, 3.63) is 0 Å². The number of esters is 1. The predicted molar refractivity (Wildman–Crippen MR) is 52.6 cm³/mol. The highest BCUT2D eigenvalue weighted by Crippen LogP contribution is 2.22. The molecule has 1 rings (SSSR count). The molecule has 82 valence electrons. The average Bonchev–Trinajstić information content (AvgIpc) is 2.26. The molecule has 0 spiro atoms. The van der Waals surface area contributed by atoms with E-state index in [0.29, 0.717) is 6.42 Å². The van der Waals surface area contributed by atoms with Gasteiger partial charge in [0.1, 0.15) is 5.60 Å². The largest absolute Gasteiger partial charge is 0.460 e. The molecule has 0 N–H and O–H groups in total. The fraction of sp³-hybridized carbons (Fsp3) is 0.889. The molecule has 0 aliphatic carbocycles. The van der Waals surface area contributed by atoms with Gasteiger partial charge in [-0.1, -0.05) is 0 Å². The molecular formula is C9H16O4S. The Morgan fingerprint density at radius 2 is 1.93 bits per heavy atom. The summed E-state index contributed by atoms with van der Waals surface area (Å²) in [6, 6.07) is 0. The lowest BCUT2D eigenvalue weighted by Gasteiger charge is -2.21. The minimum absolute atomic E-state index is 0.0537. The molecule has 4 nitrogen and oxygen atoms in total. The Balaban J connectivity index is 2.57. The summed E-state index contributed by atoms with van der Waals surface area (Å²) in [7, 11) is -3.00. The van der Waals surface area contributed by atoms with E-state index in [1.54, 1.807) is 20.8 Å². The van der Waals surface area contributed by atoms with E-state index in [-0.39, 0.29) is 11.5 Å². The minimum atomic E-state index is -3.00. The zero-order valence-corrected chi connectivity index (χ0v) is 9.56. The zero-order chi connectivity index (χ0) is 11.0. The van der Waals surface area contributed by atoms with Crippen LogP contribution in [0.15, 0.2) is 0 Å². The van der Waals surface area contributed by atoms with E-state index >= 15 is 0 Å². The van der Waals surface area contributed by atoms with Crippen LogP contribution in [0.4, 0.5) is 0 Å². The molecule has 1 fully saturated rings. The van der Waals surface area contributed by atoms with Gasteiger partial charge in [-0.2, -0.15) is 0 Å². The van der Waals surface area contributed by atoms with Gasteiger partial charge in [0.15, 0.2) is 9.84 Å². The number of ether oxygens (including phenoxy) is 1. The van der Waals surface area contributed by atoms with Crippen molar-refractivity contribution in [2.24, 2.45) is 5.92 Å². The van der Waals surface area contributed by atoms with Crippen molar-refractivity contribution < 1.29 is 17.9 Å².